The maximum Gasteiger partial charge on any atom is 0.254 e. The lowest BCUT2D eigenvalue weighted by atomic mass is 9.78. The average Bonchev–Trinajstić information content (AvgIpc) is 2.98. The summed E-state index contributed by atoms with van der Waals surface area (Å²) in [6.07, 6.45) is 2.03. The molecule has 8 heteroatoms. The minimum absolute atomic E-state index is 0.0180. The summed E-state index contributed by atoms with van der Waals surface area (Å²) in [5.41, 5.74) is 3.25. The number of likely N-dealkylation sites (N-methyl/N-ethyl adjacent to an activating group) is 1. The maximum absolute atomic E-state index is 14.4. The van der Waals surface area contributed by atoms with Crippen molar-refractivity contribution in [2.45, 2.75) is 16.9 Å². The standard InChI is InChI=1S/C30H33N3O4S/c1-31-28(20-10-12-22(38-4)13-11-20)27(23-18-25(36-2)26(37-3)19-24(23)29(31)34)30(35)33-16-14-32(15-17-33)21-8-6-5-7-9-21/h5-13,18-19,27-28H,14-17H2,1-4H3/t27-,28+/m0/s1. The number of rotatable bonds is 6. The molecule has 3 aromatic carbocycles. The van der Waals surface area contributed by atoms with Crippen LogP contribution in [0.25, 0.3) is 0 Å². The van der Waals surface area contributed by atoms with Crippen molar-refractivity contribution in [2.75, 3.05) is 58.6 Å². The third-order valence-electron chi connectivity index (χ3n) is 7.61. The van der Waals surface area contributed by atoms with Gasteiger partial charge >= 0.3 is 0 Å². The number of benzene rings is 3. The Morgan fingerprint density at radius 3 is 2.13 bits per heavy atom. The number of amides is 2. The fraction of sp³-hybridized carbons (Fsp3) is 0.333. The molecule has 2 amide bonds. The first-order chi connectivity index (χ1) is 18.5. The molecule has 0 bridgehead atoms. The van der Waals surface area contributed by atoms with Gasteiger partial charge in [-0.25, -0.2) is 0 Å². The van der Waals surface area contributed by atoms with Crippen LogP contribution in [0.2, 0.25) is 0 Å². The molecule has 0 aromatic heterocycles. The minimum atomic E-state index is -0.573. The van der Waals surface area contributed by atoms with Gasteiger partial charge in [0.05, 0.1) is 26.2 Å². The van der Waals surface area contributed by atoms with Crippen LogP contribution in [-0.2, 0) is 4.79 Å². The molecule has 2 aliphatic rings. The van der Waals surface area contributed by atoms with Crippen molar-refractivity contribution in [3.05, 3.63) is 83.4 Å². The van der Waals surface area contributed by atoms with E-state index in [0.717, 1.165) is 29.2 Å². The van der Waals surface area contributed by atoms with E-state index < -0.39 is 12.0 Å². The highest BCUT2D eigenvalue weighted by molar-refractivity contribution is 7.98. The molecule has 2 atom stereocenters. The zero-order valence-corrected chi connectivity index (χ0v) is 23.0. The van der Waals surface area contributed by atoms with E-state index in [2.05, 4.69) is 17.0 Å². The molecule has 7 nitrogen and oxygen atoms in total. The van der Waals surface area contributed by atoms with Crippen molar-refractivity contribution in [1.82, 2.24) is 9.80 Å². The van der Waals surface area contributed by atoms with Crippen LogP contribution >= 0.6 is 11.8 Å². The quantitative estimate of drug-likeness (QED) is 0.431. The van der Waals surface area contributed by atoms with E-state index in [1.807, 2.05) is 59.7 Å². The lowest BCUT2D eigenvalue weighted by molar-refractivity contribution is -0.134. The van der Waals surface area contributed by atoms with Gasteiger partial charge in [0.25, 0.3) is 5.91 Å². The second-order valence-corrected chi connectivity index (χ2v) is 10.4. The van der Waals surface area contributed by atoms with E-state index in [1.54, 1.807) is 44.0 Å². The van der Waals surface area contributed by atoms with E-state index in [4.69, 9.17) is 9.47 Å². The Kier molecular flexibility index (Phi) is 7.51. The molecule has 1 fully saturated rings. The summed E-state index contributed by atoms with van der Waals surface area (Å²) in [5.74, 6) is 0.281. The highest BCUT2D eigenvalue weighted by atomic mass is 32.2. The Hall–Kier alpha value is -3.65. The number of carbonyl (C=O) groups excluding carboxylic acids is 2. The van der Waals surface area contributed by atoms with Crippen LogP contribution in [0.4, 0.5) is 5.69 Å². The number of thioether (sulfide) groups is 1. The van der Waals surface area contributed by atoms with Gasteiger partial charge in [-0.05, 0) is 53.8 Å². The molecule has 1 saturated heterocycles. The van der Waals surface area contributed by atoms with Gasteiger partial charge in [-0.1, -0.05) is 30.3 Å². The summed E-state index contributed by atoms with van der Waals surface area (Å²) in [5, 5.41) is 0. The molecule has 2 aliphatic heterocycles. The first-order valence-electron chi connectivity index (χ1n) is 12.7. The van der Waals surface area contributed by atoms with E-state index in [0.29, 0.717) is 35.7 Å². The molecular formula is C30H33N3O4S. The Bertz CT molecular complexity index is 1310. The first-order valence-corrected chi connectivity index (χ1v) is 13.9. The predicted octanol–water partition coefficient (Wildman–Crippen LogP) is 4.69. The Morgan fingerprint density at radius 2 is 1.53 bits per heavy atom. The van der Waals surface area contributed by atoms with Gasteiger partial charge in [0.2, 0.25) is 5.91 Å². The van der Waals surface area contributed by atoms with E-state index in [9.17, 15) is 9.59 Å². The van der Waals surface area contributed by atoms with Crippen LogP contribution in [0, 0.1) is 0 Å². The van der Waals surface area contributed by atoms with Crippen molar-refractivity contribution in [2.24, 2.45) is 0 Å². The molecule has 198 valence electrons. The summed E-state index contributed by atoms with van der Waals surface area (Å²) in [6.45, 7) is 2.73. The topological polar surface area (TPSA) is 62.3 Å². The van der Waals surface area contributed by atoms with Crippen molar-refractivity contribution in [3.8, 4) is 11.5 Å². The molecule has 3 aromatic rings. The Labute approximate surface area is 228 Å². The Morgan fingerprint density at radius 1 is 0.895 bits per heavy atom. The summed E-state index contributed by atoms with van der Waals surface area (Å²) in [4.78, 5) is 35.1. The van der Waals surface area contributed by atoms with Gasteiger partial charge in [0.15, 0.2) is 11.5 Å². The third kappa shape index (κ3) is 4.69. The smallest absolute Gasteiger partial charge is 0.254 e. The highest BCUT2D eigenvalue weighted by Gasteiger charge is 2.45. The molecule has 0 saturated carbocycles. The SMILES string of the molecule is COc1cc2c(cc1OC)[C@H](C(=O)N1CCN(c3ccccc3)CC1)[C@@H](c1ccc(SC)cc1)N(C)C2=O. The van der Waals surface area contributed by atoms with Gasteiger partial charge in [0.1, 0.15) is 0 Å². The summed E-state index contributed by atoms with van der Waals surface area (Å²) in [6, 6.07) is 21.5. The second kappa shape index (κ2) is 11.0. The molecule has 38 heavy (non-hydrogen) atoms. The van der Waals surface area contributed by atoms with Gasteiger partial charge < -0.3 is 24.2 Å². The average molecular weight is 532 g/mol. The largest absolute Gasteiger partial charge is 0.493 e. The van der Waals surface area contributed by atoms with Crippen LogP contribution in [-0.4, -0.2) is 75.3 Å². The van der Waals surface area contributed by atoms with Crippen LogP contribution in [0.1, 0.15) is 33.4 Å². The highest BCUT2D eigenvalue weighted by Crippen LogP contribution is 2.46. The molecule has 2 heterocycles. The number of para-hydroxylation sites is 1. The minimum Gasteiger partial charge on any atom is -0.493 e. The van der Waals surface area contributed by atoms with Gasteiger partial charge in [-0.3, -0.25) is 9.59 Å². The van der Waals surface area contributed by atoms with Crippen molar-refractivity contribution in [1.29, 1.82) is 0 Å². The summed E-state index contributed by atoms with van der Waals surface area (Å²) >= 11 is 1.66. The number of carbonyl (C=O) groups is 2. The number of ether oxygens (including phenoxy) is 2. The van der Waals surface area contributed by atoms with E-state index in [-0.39, 0.29) is 11.8 Å². The number of anilines is 1. The Balaban J connectivity index is 1.54. The lowest BCUT2D eigenvalue weighted by Gasteiger charge is -2.43. The van der Waals surface area contributed by atoms with E-state index in [1.165, 1.54) is 0 Å². The fourth-order valence-corrected chi connectivity index (χ4v) is 5.96. The van der Waals surface area contributed by atoms with Crippen LogP contribution in [0.3, 0.4) is 0 Å². The number of methoxy groups -OCH3 is 2. The molecule has 0 spiro atoms. The third-order valence-corrected chi connectivity index (χ3v) is 8.35. The predicted molar refractivity (Wildman–Crippen MR) is 151 cm³/mol. The van der Waals surface area contributed by atoms with Crippen molar-refractivity contribution < 1.29 is 19.1 Å². The molecule has 0 radical (unpaired) electrons. The number of hydrogen-bond acceptors (Lipinski definition) is 6. The molecule has 5 rings (SSSR count). The van der Waals surface area contributed by atoms with Crippen molar-refractivity contribution >= 4 is 29.3 Å². The van der Waals surface area contributed by atoms with Crippen molar-refractivity contribution in [3.63, 3.8) is 0 Å². The van der Waals surface area contributed by atoms with Crippen LogP contribution < -0.4 is 14.4 Å². The molecule has 0 unspecified atom stereocenters. The fourth-order valence-electron chi connectivity index (χ4n) is 5.55. The number of nitrogens with zero attached hydrogens (tertiary/aromatic N) is 3. The molecular weight excluding hydrogens is 498 g/mol. The zero-order valence-electron chi connectivity index (χ0n) is 22.2. The van der Waals surface area contributed by atoms with Crippen LogP contribution in [0.5, 0.6) is 11.5 Å². The molecule has 0 N–H and O–H groups in total. The number of piperazine rings is 1. The van der Waals surface area contributed by atoms with Gasteiger partial charge in [-0.2, -0.15) is 0 Å². The lowest BCUT2D eigenvalue weighted by Crippen LogP contribution is -2.53. The maximum atomic E-state index is 14.4. The molecule has 0 aliphatic carbocycles. The summed E-state index contributed by atoms with van der Waals surface area (Å²) < 4.78 is 11.1. The summed E-state index contributed by atoms with van der Waals surface area (Å²) in [7, 11) is 4.90. The van der Waals surface area contributed by atoms with Gasteiger partial charge in [-0.15, -0.1) is 11.8 Å². The first kappa shape index (κ1) is 26.0. The van der Waals surface area contributed by atoms with Gasteiger partial charge in [0, 0.05) is 49.4 Å². The van der Waals surface area contributed by atoms with Crippen LogP contribution in [0.15, 0.2) is 71.6 Å². The zero-order chi connectivity index (χ0) is 26.8. The normalized spacial score (nSPS) is 19.3. The van der Waals surface area contributed by atoms with E-state index >= 15 is 0 Å². The number of fused-ring (bicyclic) bond motifs is 1. The number of hydrogen-bond donors (Lipinski definition) is 0. The second-order valence-electron chi connectivity index (χ2n) is 9.55. The monoisotopic (exact) mass is 531 g/mol.